The highest BCUT2D eigenvalue weighted by Gasteiger charge is 2.35. The fourth-order valence-corrected chi connectivity index (χ4v) is 2.37. The van der Waals surface area contributed by atoms with Crippen molar-refractivity contribution < 1.29 is 19.4 Å². The van der Waals surface area contributed by atoms with Crippen LogP contribution in [0.4, 0.5) is 0 Å². The van der Waals surface area contributed by atoms with Gasteiger partial charge in [-0.1, -0.05) is 19.1 Å². The van der Waals surface area contributed by atoms with Crippen LogP contribution in [0.25, 0.3) is 0 Å². The summed E-state index contributed by atoms with van der Waals surface area (Å²) in [7, 11) is 1.39. The fraction of sp³-hybridized carbons (Fsp3) is 0.562. The van der Waals surface area contributed by atoms with E-state index in [1.54, 1.807) is 0 Å². The summed E-state index contributed by atoms with van der Waals surface area (Å²) in [5.74, 6) is 0.416. The number of esters is 1. The number of methoxy groups -OCH3 is 1. The molecule has 0 bridgehead atoms. The summed E-state index contributed by atoms with van der Waals surface area (Å²) in [5, 5.41) is 12.2. The molecule has 5 heteroatoms. The van der Waals surface area contributed by atoms with Crippen LogP contribution in [0, 0.1) is 0 Å². The zero-order valence-electron chi connectivity index (χ0n) is 13.2. The number of hydrogen-bond donors (Lipinski definition) is 2. The molecule has 1 aromatic carbocycles. The minimum Gasteiger partial charge on any atom is -0.491 e. The third-order valence-corrected chi connectivity index (χ3v) is 3.34. The first-order valence-electron chi connectivity index (χ1n) is 7.15. The lowest BCUT2D eigenvalue weighted by Crippen LogP contribution is -2.52. The average Bonchev–Trinajstić information content (AvgIpc) is 2.47. The first kappa shape index (κ1) is 17.5. The summed E-state index contributed by atoms with van der Waals surface area (Å²) >= 11 is 0. The Morgan fingerprint density at radius 3 is 2.48 bits per heavy atom. The summed E-state index contributed by atoms with van der Waals surface area (Å²) in [5.41, 5.74) is 0.0653. The number of aliphatic hydroxyl groups excluding tert-OH is 1. The molecule has 118 valence electrons. The van der Waals surface area contributed by atoms with Crippen LogP contribution < -0.4 is 10.1 Å². The van der Waals surface area contributed by atoms with Crippen LogP contribution in [0.2, 0.25) is 0 Å². The number of benzene rings is 1. The van der Waals surface area contributed by atoms with E-state index in [4.69, 9.17) is 14.6 Å². The summed E-state index contributed by atoms with van der Waals surface area (Å²) in [6.45, 7) is 6.36. The Bertz CT molecular complexity index is 446. The monoisotopic (exact) mass is 295 g/mol. The number of hydrogen-bond acceptors (Lipinski definition) is 5. The van der Waals surface area contributed by atoms with Crippen molar-refractivity contribution >= 4 is 5.97 Å². The first-order valence-corrected chi connectivity index (χ1v) is 7.15. The Kier molecular flexibility index (Phi) is 6.65. The van der Waals surface area contributed by atoms with Crippen LogP contribution in [0.3, 0.4) is 0 Å². The van der Waals surface area contributed by atoms with E-state index in [9.17, 15) is 4.79 Å². The third kappa shape index (κ3) is 5.02. The van der Waals surface area contributed by atoms with Gasteiger partial charge in [-0.2, -0.15) is 0 Å². The van der Waals surface area contributed by atoms with Gasteiger partial charge in [0.15, 0.2) is 0 Å². The van der Waals surface area contributed by atoms with Crippen molar-refractivity contribution in [1.29, 1.82) is 0 Å². The minimum absolute atomic E-state index is 0.0106. The molecule has 0 fully saturated rings. The van der Waals surface area contributed by atoms with Gasteiger partial charge in [-0.25, -0.2) is 0 Å². The van der Waals surface area contributed by atoms with E-state index in [-0.39, 0.29) is 18.7 Å². The molecule has 0 radical (unpaired) electrons. The third-order valence-electron chi connectivity index (χ3n) is 3.34. The molecule has 0 saturated carbocycles. The van der Waals surface area contributed by atoms with Crippen molar-refractivity contribution in [2.45, 2.75) is 45.4 Å². The van der Waals surface area contributed by atoms with E-state index in [2.05, 4.69) is 5.32 Å². The maximum absolute atomic E-state index is 11.9. The van der Waals surface area contributed by atoms with Gasteiger partial charge >= 0.3 is 5.97 Å². The van der Waals surface area contributed by atoms with Gasteiger partial charge in [0.1, 0.15) is 11.3 Å². The highest BCUT2D eigenvalue weighted by Crippen LogP contribution is 2.20. The van der Waals surface area contributed by atoms with E-state index in [1.807, 2.05) is 45.0 Å². The van der Waals surface area contributed by atoms with Crippen LogP contribution >= 0.6 is 0 Å². The number of aliphatic hydroxyl groups is 1. The Labute approximate surface area is 126 Å². The Hall–Kier alpha value is -1.59. The van der Waals surface area contributed by atoms with E-state index < -0.39 is 5.54 Å². The second-order valence-electron chi connectivity index (χ2n) is 5.29. The predicted octanol–water partition coefficient (Wildman–Crippen LogP) is 1.88. The Morgan fingerprint density at radius 1 is 1.38 bits per heavy atom. The number of ether oxygens (including phenoxy) is 2. The van der Waals surface area contributed by atoms with Crippen molar-refractivity contribution in [3.05, 3.63) is 29.8 Å². The predicted molar refractivity (Wildman–Crippen MR) is 81.2 cm³/mol. The van der Waals surface area contributed by atoms with Gasteiger partial charge in [0.05, 0.1) is 19.8 Å². The molecule has 2 N–H and O–H groups in total. The van der Waals surface area contributed by atoms with Gasteiger partial charge in [-0.15, -0.1) is 0 Å². The lowest BCUT2D eigenvalue weighted by atomic mass is 9.94. The van der Waals surface area contributed by atoms with Crippen molar-refractivity contribution in [2.75, 3.05) is 13.7 Å². The molecule has 1 aromatic rings. The normalized spacial score (nSPS) is 15.1. The fourth-order valence-electron chi connectivity index (χ4n) is 2.37. The Balaban J connectivity index is 2.68. The zero-order valence-corrected chi connectivity index (χ0v) is 13.2. The lowest BCUT2D eigenvalue weighted by molar-refractivity contribution is -0.149. The Morgan fingerprint density at radius 2 is 2.00 bits per heavy atom. The first-order chi connectivity index (χ1) is 9.95. The second kappa shape index (κ2) is 8.00. The zero-order chi connectivity index (χ0) is 15.9. The van der Waals surface area contributed by atoms with Crippen molar-refractivity contribution in [3.63, 3.8) is 0 Å². The summed E-state index contributed by atoms with van der Waals surface area (Å²) < 4.78 is 10.7. The highest BCUT2D eigenvalue weighted by molar-refractivity contribution is 5.80. The number of carbonyl (C=O) groups excluding carboxylic acids is 1. The largest absolute Gasteiger partial charge is 0.491 e. The van der Waals surface area contributed by atoms with Crippen LogP contribution in [0.15, 0.2) is 24.3 Å². The van der Waals surface area contributed by atoms with Crippen LogP contribution in [-0.4, -0.2) is 36.4 Å². The molecule has 0 saturated heterocycles. The number of carbonyl (C=O) groups is 1. The van der Waals surface area contributed by atoms with Crippen molar-refractivity contribution in [3.8, 4) is 5.75 Å². The summed E-state index contributed by atoms with van der Waals surface area (Å²) in [6.07, 6.45) is 0.336. The van der Waals surface area contributed by atoms with Gasteiger partial charge in [0, 0.05) is 6.42 Å². The molecule has 0 heterocycles. The van der Waals surface area contributed by atoms with Crippen LogP contribution in [0.5, 0.6) is 5.75 Å². The molecule has 0 aliphatic heterocycles. The van der Waals surface area contributed by atoms with Crippen molar-refractivity contribution in [1.82, 2.24) is 5.32 Å². The van der Waals surface area contributed by atoms with Crippen LogP contribution in [0.1, 0.15) is 32.8 Å². The SMILES string of the molecule is CCNC(C)(CC(C)Oc1ccc(CO)cc1)C(=O)OC. The van der Waals surface area contributed by atoms with E-state index in [0.717, 1.165) is 5.56 Å². The number of rotatable bonds is 8. The molecule has 0 aromatic heterocycles. The maximum atomic E-state index is 11.9. The molecule has 21 heavy (non-hydrogen) atoms. The molecule has 0 aliphatic carbocycles. The molecular weight excluding hydrogens is 270 g/mol. The van der Waals surface area contributed by atoms with Gasteiger partial charge < -0.3 is 19.9 Å². The number of likely N-dealkylation sites (N-methyl/N-ethyl adjacent to an activating group) is 1. The quantitative estimate of drug-likeness (QED) is 0.717. The van der Waals surface area contributed by atoms with E-state index in [0.29, 0.717) is 18.7 Å². The van der Waals surface area contributed by atoms with Gasteiger partial charge in [-0.3, -0.25) is 4.79 Å². The summed E-state index contributed by atoms with van der Waals surface area (Å²) in [4.78, 5) is 11.9. The van der Waals surface area contributed by atoms with Gasteiger partial charge in [0.2, 0.25) is 0 Å². The lowest BCUT2D eigenvalue weighted by Gasteiger charge is -2.30. The molecule has 1 rings (SSSR count). The van der Waals surface area contributed by atoms with Crippen LogP contribution in [-0.2, 0) is 16.1 Å². The second-order valence-corrected chi connectivity index (χ2v) is 5.29. The standard InChI is InChI=1S/C16H25NO4/c1-5-17-16(3,15(19)20-4)10-12(2)21-14-8-6-13(11-18)7-9-14/h6-9,12,17-18H,5,10-11H2,1-4H3. The molecule has 0 aliphatic rings. The highest BCUT2D eigenvalue weighted by atomic mass is 16.5. The van der Waals surface area contributed by atoms with Gasteiger partial charge in [0.25, 0.3) is 0 Å². The van der Waals surface area contributed by atoms with Crippen molar-refractivity contribution in [2.24, 2.45) is 0 Å². The summed E-state index contributed by atoms with van der Waals surface area (Å²) in [6, 6.07) is 7.24. The topological polar surface area (TPSA) is 67.8 Å². The molecule has 0 spiro atoms. The maximum Gasteiger partial charge on any atom is 0.325 e. The molecule has 2 unspecified atom stereocenters. The molecule has 2 atom stereocenters. The molecule has 0 amide bonds. The minimum atomic E-state index is -0.770. The molecular formula is C16H25NO4. The molecule has 5 nitrogen and oxygen atoms in total. The smallest absolute Gasteiger partial charge is 0.325 e. The van der Waals surface area contributed by atoms with Gasteiger partial charge in [-0.05, 0) is 38.1 Å². The number of nitrogens with one attached hydrogen (secondary N) is 1. The van der Waals surface area contributed by atoms with E-state index >= 15 is 0 Å². The average molecular weight is 295 g/mol. The van der Waals surface area contributed by atoms with E-state index in [1.165, 1.54) is 7.11 Å².